The topological polar surface area (TPSA) is 12.0 Å². The average molecular weight is 230 g/mol. The minimum atomic E-state index is 0.396. The monoisotopic (exact) mass is 229 g/mol. The number of halogens is 1. The van der Waals surface area contributed by atoms with E-state index in [-0.39, 0.29) is 0 Å². The number of hydrogen-bond donors (Lipinski definition) is 1. The van der Waals surface area contributed by atoms with E-state index in [0.717, 1.165) is 6.54 Å². The molecule has 14 heavy (non-hydrogen) atoms. The molecule has 1 nitrogen and oxygen atoms in total. The normalized spacial score (nSPS) is 13.7. The van der Waals surface area contributed by atoms with E-state index in [4.69, 9.17) is 11.6 Å². The summed E-state index contributed by atoms with van der Waals surface area (Å²) in [4.78, 5) is 2.77. The van der Waals surface area contributed by atoms with Gasteiger partial charge in [-0.3, -0.25) is 0 Å². The van der Waals surface area contributed by atoms with Gasteiger partial charge in [0.1, 0.15) is 0 Å². The molecule has 1 atom stereocenters. The highest BCUT2D eigenvalue weighted by molar-refractivity contribution is 7.12. The standard InChI is InChI=1S/C11H16ClNS/c1-8-7-11(10(3)14-8)9(2)13-6-4-5-12/h4-5,7,9,13H,6H2,1-3H3/b5-4+. The van der Waals surface area contributed by atoms with Gasteiger partial charge in [-0.1, -0.05) is 17.7 Å². The molecule has 1 unspecified atom stereocenters. The van der Waals surface area contributed by atoms with Crippen molar-refractivity contribution >= 4 is 22.9 Å². The van der Waals surface area contributed by atoms with Gasteiger partial charge in [0.2, 0.25) is 0 Å². The van der Waals surface area contributed by atoms with E-state index >= 15 is 0 Å². The van der Waals surface area contributed by atoms with Crippen molar-refractivity contribution < 1.29 is 0 Å². The van der Waals surface area contributed by atoms with Crippen LogP contribution in [0.3, 0.4) is 0 Å². The number of aryl methyl sites for hydroxylation is 2. The molecule has 3 heteroatoms. The third-order valence-electron chi connectivity index (χ3n) is 2.18. The summed E-state index contributed by atoms with van der Waals surface area (Å²) in [5, 5.41) is 3.39. The number of rotatable bonds is 4. The Labute approximate surface area is 94.8 Å². The van der Waals surface area contributed by atoms with Crippen LogP contribution < -0.4 is 5.32 Å². The number of thiophene rings is 1. The minimum absolute atomic E-state index is 0.396. The van der Waals surface area contributed by atoms with Gasteiger partial charge < -0.3 is 5.32 Å². The second kappa shape index (κ2) is 5.54. The Hall–Kier alpha value is -0.310. The first-order valence-corrected chi connectivity index (χ1v) is 5.96. The van der Waals surface area contributed by atoms with Crippen molar-refractivity contribution in [3.05, 3.63) is 33.0 Å². The molecule has 0 amide bonds. The van der Waals surface area contributed by atoms with Gasteiger partial charge >= 0.3 is 0 Å². The van der Waals surface area contributed by atoms with Gasteiger partial charge in [-0.05, 0) is 32.4 Å². The highest BCUT2D eigenvalue weighted by atomic mass is 35.5. The smallest absolute Gasteiger partial charge is 0.0305 e. The van der Waals surface area contributed by atoms with Crippen molar-refractivity contribution in [3.63, 3.8) is 0 Å². The molecule has 1 N–H and O–H groups in total. The van der Waals surface area contributed by atoms with E-state index in [0.29, 0.717) is 6.04 Å². The number of nitrogens with one attached hydrogen (secondary N) is 1. The number of hydrogen-bond acceptors (Lipinski definition) is 2. The predicted octanol–water partition coefficient (Wildman–Crippen LogP) is 3.77. The first kappa shape index (κ1) is 11.8. The third kappa shape index (κ3) is 3.12. The van der Waals surface area contributed by atoms with E-state index in [1.54, 1.807) is 5.54 Å². The largest absolute Gasteiger partial charge is 0.307 e. The second-order valence-corrected chi connectivity index (χ2v) is 5.07. The van der Waals surface area contributed by atoms with Gasteiger partial charge in [-0.25, -0.2) is 0 Å². The van der Waals surface area contributed by atoms with Crippen molar-refractivity contribution in [2.75, 3.05) is 6.54 Å². The zero-order valence-electron chi connectivity index (χ0n) is 8.80. The molecule has 0 fully saturated rings. The molecular formula is C11H16ClNS. The van der Waals surface area contributed by atoms with Gasteiger partial charge in [-0.2, -0.15) is 0 Å². The summed E-state index contributed by atoms with van der Waals surface area (Å²) in [6.45, 7) is 7.31. The predicted molar refractivity (Wildman–Crippen MR) is 65.2 cm³/mol. The molecule has 0 aliphatic heterocycles. The molecule has 1 rings (SSSR count). The van der Waals surface area contributed by atoms with Gasteiger partial charge in [-0.15, -0.1) is 11.3 Å². The Morgan fingerprint density at radius 3 is 2.79 bits per heavy atom. The summed E-state index contributed by atoms with van der Waals surface area (Å²) >= 11 is 7.30. The molecule has 0 aromatic carbocycles. The van der Waals surface area contributed by atoms with Crippen molar-refractivity contribution in [2.45, 2.75) is 26.8 Å². The maximum Gasteiger partial charge on any atom is 0.0305 e. The molecule has 1 aromatic heterocycles. The van der Waals surface area contributed by atoms with Crippen LogP contribution in [-0.2, 0) is 0 Å². The van der Waals surface area contributed by atoms with Crippen LogP contribution in [0.2, 0.25) is 0 Å². The highest BCUT2D eigenvalue weighted by Crippen LogP contribution is 2.25. The molecule has 0 spiro atoms. The van der Waals surface area contributed by atoms with E-state index in [2.05, 4.69) is 32.2 Å². The summed E-state index contributed by atoms with van der Waals surface area (Å²) in [6.07, 6.45) is 1.91. The Morgan fingerprint density at radius 1 is 1.57 bits per heavy atom. The van der Waals surface area contributed by atoms with Crippen molar-refractivity contribution in [2.24, 2.45) is 0 Å². The van der Waals surface area contributed by atoms with Gasteiger partial charge in [0.05, 0.1) is 0 Å². The summed E-state index contributed by atoms with van der Waals surface area (Å²) < 4.78 is 0. The van der Waals surface area contributed by atoms with Crippen LogP contribution in [0, 0.1) is 13.8 Å². The lowest BCUT2D eigenvalue weighted by atomic mass is 10.1. The van der Waals surface area contributed by atoms with E-state index in [1.165, 1.54) is 15.3 Å². The quantitative estimate of drug-likeness (QED) is 0.829. The fraction of sp³-hybridized carbons (Fsp3) is 0.455. The SMILES string of the molecule is Cc1cc(C(C)NC/C=C/Cl)c(C)s1. The lowest BCUT2D eigenvalue weighted by Crippen LogP contribution is -2.18. The molecule has 1 aromatic rings. The summed E-state index contributed by atoms with van der Waals surface area (Å²) in [5.74, 6) is 0. The lowest BCUT2D eigenvalue weighted by Gasteiger charge is -2.11. The fourth-order valence-corrected chi connectivity index (χ4v) is 2.59. The van der Waals surface area contributed by atoms with Crippen LogP contribution in [-0.4, -0.2) is 6.54 Å². The van der Waals surface area contributed by atoms with Crippen LogP contribution in [0.1, 0.15) is 28.3 Å². The molecule has 0 bridgehead atoms. The van der Waals surface area contributed by atoms with Gasteiger partial charge in [0.15, 0.2) is 0 Å². The van der Waals surface area contributed by atoms with E-state index < -0.39 is 0 Å². The Balaban J connectivity index is 2.59. The maximum atomic E-state index is 5.45. The van der Waals surface area contributed by atoms with Crippen LogP contribution in [0.5, 0.6) is 0 Å². The van der Waals surface area contributed by atoms with Crippen LogP contribution >= 0.6 is 22.9 Å². The molecule has 0 radical (unpaired) electrons. The summed E-state index contributed by atoms with van der Waals surface area (Å²) in [7, 11) is 0. The van der Waals surface area contributed by atoms with E-state index in [9.17, 15) is 0 Å². The zero-order valence-corrected chi connectivity index (χ0v) is 10.4. The molecule has 78 valence electrons. The van der Waals surface area contributed by atoms with Crippen molar-refractivity contribution in [1.29, 1.82) is 0 Å². The van der Waals surface area contributed by atoms with Crippen molar-refractivity contribution in [3.8, 4) is 0 Å². The summed E-state index contributed by atoms with van der Waals surface area (Å²) in [6, 6.07) is 2.65. The lowest BCUT2D eigenvalue weighted by molar-refractivity contribution is 0.616. The van der Waals surface area contributed by atoms with E-state index in [1.807, 2.05) is 17.4 Å². The Kier molecular flexibility index (Phi) is 4.66. The first-order valence-electron chi connectivity index (χ1n) is 4.70. The molecular weight excluding hydrogens is 214 g/mol. The maximum absolute atomic E-state index is 5.45. The van der Waals surface area contributed by atoms with Gasteiger partial charge in [0.25, 0.3) is 0 Å². The average Bonchev–Trinajstić information content (AvgIpc) is 2.45. The molecule has 0 saturated carbocycles. The minimum Gasteiger partial charge on any atom is -0.307 e. The van der Waals surface area contributed by atoms with Crippen LogP contribution in [0.15, 0.2) is 17.7 Å². The van der Waals surface area contributed by atoms with Crippen molar-refractivity contribution in [1.82, 2.24) is 5.32 Å². The molecule has 0 aliphatic rings. The molecule has 0 saturated heterocycles. The van der Waals surface area contributed by atoms with Crippen LogP contribution in [0.4, 0.5) is 0 Å². The Bertz CT molecular complexity index is 317. The fourth-order valence-electron chi connectivity index (χ4n) is 1.48. The zero-order chi connectivity index (χ0) is 10.6. The van der Waals surface area contributed by atoms with Crippen LogP contribution in [0.25, 0.3) is 0 Å². The first-order chi connectivity index (χ1) is 6.65. The van der Waals surface area contributed by atoms with Gasteiger partial charge in [0, 0.05) is 27.9 Å². The summed E-state index contributed by atoms with van der Waals surface area (Å²) in [5.41, 5.74) is 2.95. The highest BCUT2D eigenvalue weighted by Gasteiger charge is 2.09. The second-order valence-electron chi connectivity index (χ2n) is 3.36. The third-order valence-corrected chi connectivity index (χ3v) is 3.34. The Morgan fingerprint density at radius 2 is 2.29 bits per heavy atom. The molecule has 1 heterocycles. The molecule has 0 aliphatic carbocycles.